The van der Waals surface area contributed by atoms with Gasteiger partial charge in [-0.15, -0.1) is 11.3 Å². The van der Waals surface area contributed by atoms with Gasteiger partial charge in [0.05, 0.1) is 44.2 Å². The van der Waals surface area contributed by atoms with Crippen molar-refractivity contribution in [2.75, 3.05) is 0 Å². The van der Waals surface area contributed by atoms with E-state index >= 15 is 0 Å². The molecule has 5 aromatic rings. The molecule has 0 aliphatic carbocycles. The molecule has 0 saturated carbocycles. The molecule has 13 heteroatoms. The van der Waals surface area contributed by atoms with Crippen LogP contribution in [0.3, 0.4) is 0 Å². The number of alkyl halides is 3. The summed E-state index contributed by atoms with van der Waals surface area (Å²) >= 11 is 7.39. The zero-order chi connectivity index (χ0) is 31.4. The molecule has 0 unspecified atom stereocenters. The molecule has 216 valence electrons. The maximum Gasteiger partial charge on any atom is 0.416 e. The molecule has 8 nitrogen and oxygen atoms in total. The van der Waals surface area contributed by atoms with E-state index < -0.39 is 34.4 Å². The van der Waals surface area contributed by atoms with Crippen LogP contribution in [0.2, 0.25) is 5.02 Å². The van der Waals surface area contributed by atoms with Gasteiger partial charge in [-0.3, -0.25) is 14.2 Å². The molecular formula is C30H18ClF3N4O4S. The van der Waals surface area contributed by atoms with Crippen molar-refractivity contribution in [1.82, 2.24) is 14.1 Å². The quantitative estimate of drug-likeness (QED) is 0.251. The van der Waals surface area contributed by atoms with Crippen LogP contribution in [0.25, 0.3) is 32.1 Å². The summed E-state index contributed by atoms with van der Waals surface area (Å²) in [6.45, 7) is 2.38. The van der Waals surface area contributed by atoms with Gasteiger partial charge < -0.3 is 9.67 Å². The minimum absolute atomic E-state index is 0.0538. The number of carboxylic acids is 1. The second-order valence-electron chi connectivity index (χ2n) is 9.59. The standard InChI is InChI=1S/C30H18ClF3N4O4S/c1-14-19(11-35)24-23(10-22(14)30(32,33)34)36-15(2)38(28(24)40)8-4-5-16-6-7-17(31)9-18(16)20-12-37(3)27(39)25-21(29(41)42)13-43-26(20)25/h6-7,9-10,12-13H,8H2,1-3H3,(H,41,42). The summed E-state index contributed by atoms with van der Waals surface area (Å²) in [4.78, 5) is 42.2. The highest BCUT2D eigenvalue weighted by molar-refractivity contribution is 7.18. The van der Waals surface area contributed by atoms with Gasteiger partial charge in [0.2, 0.25) is 0 Å². The van der Waals surface area contributed by atoms with Gasteiger partial charge in [0.1, 0.15) is 11.9 Å². The average molecular weight is 623 g/mol. The number of halogens is 4. The summed E-state index contributed by atoms with van der Waals surface area (Å²) < 4.78 is 43.6. The number of nitriles is 1. The van der Waals surface area contributed by atoms with Crippen molar-refractivity contribution in [1.29, 1.82) is 5.26 Å². The first-order valence-corrected chi connectivity index (χ1v) is 13.6. The summed E-state index contributed by atoms with van der Waals surface area (Å²) in [6, 6.07) is 7.35. The number of nitrogens with zero attached hydrogens (tertiary/aromatic N) is 4. The Labute approximate surface area is 249 Å². The molecule has 3 aromatic heterocycles. The highest BCUT2D eigenvalue weighted by Gasteiger charge is 2.35. The van der Waals surface area contributed by atoms with E-state index in [0.29, 0.717) is 26.4 Å². The van der Waals surface area contributed by atoms with Crippen molar-refractivity contribution in [2.45, 2.75) is 26.6 Å². The van der Waals surface area contributed by atoms with Gasteiger partial charge in [-0.1, -0.05) is 23.4 Å². The van der Waals surface area contributed by atoms with E-state index in [4.69, 9.17) is 11.6 Å². The lowest BCUT2D eigenvalue weighted by Crippen LogP contribution is -2.25. The van der Waals surface area contributed by atoms with Crippen molar-refractivity contribution in [3.8, 4) is 29.0 Å². The summed E-state index contributed by atoms with van der Waals surface area (Å²) in [7, 11) is 1.50. The molecule has 0 fully saturated rings. The molecule has 0 atom stereocenters. The number of rotatable bonds is 3. The van der Waals surface area contributed by atoms with E-state index in [9.17, 15) is 37.9 Å². The van der Waals surface area contributed by atoms with Crippen LogP contribution >= 0.6 is 22.9 Å². The normalized spacial score (nSPS) is 11.4. The number of carbonyl (C=O) groups is 1. The minimum Gasteiger partial charge on any atom is -0.478 e. The number of aromatic nitrogens is 3. The lowest BCUT2D eigenvalue weighted by Gasteiger charge is -2.15. The number of pyridine rings is 1. The molecule has 5 rings (SSSR count). The monoisotopic (exact) mass is 622 g/mol. The van der Waals surface area contributed by atoms with E-state index in [1.165, 1.54) is 28.5 Å². The molecular weight excluding hydrogens is 605 g/mol. The Morgan fingerprint density at radius 2 is 1.86 bits per heavy atom. The maximum absolute atomic E-state index is 13.6. The SMILES string of the molecule is Cc1c(C(F)(F)F)cc2nc(C)n(CC#Cc3ccc(Cl)cc3-c3cn(C)c(=O)c4c(C(=O)O)csc34)c(=O)c2c1C#N. The van der Waals surface area contributed by atoms with Gasteiger partial charge >= 0.3 is 12.1 Å². The summed E-state index contributed by atoms with van der Waals surface area (Å²) in [6.07, 6.45) is -3.17. The molecule has 0 spiro atoms. The van der Waals surface area contributed by atoms with Crippen LogP contribution in [0.15, 0.2) is 45.4 Å². The third kappa shape index (κ3) is 5.05. The molecule has 0 aliphatic heterocycles. The summed E-state index contributed by atoms with van der Waals surface area (Å²) in [5, 5.41) is 20.8. The van der Waals surface area contributed by atoms with Crippen LogP contribution in [-0.4, -0.2) is 25.2 Å². The first kappa shape index (κ1) is 29.6. The fourth-order valence-corrected chi connectivity index (χ4v) is 6.11. The largest absolute Gasteiger partial charge is 0.478 e. The van der Waals surface area contributed by atoms with E-state index in [-0.39, 0.29) is 39.8 Å². The number of benzene rings is 2. The molecule has 2 aromatic carbocycles. The van der Waals surface area contributed by atoms with Gasteiger partial charge in [0.25, 0.3) is 11.1 Å². The van der Waals surface area contributed by atoms with Crippen molar-refractivity contribution in [3.63, 3.8) is 0 Å². The van der Waals surface area contributed by atoms with E-state index in [1.807, 2.05) is 0 Å². The second kappa shape index (κ2) is 10.7. The first-order chi connectivity index (χ1) is 20.2. The van der Waals surface area contributed by atoms with Crippen LogP contribution in [0.5, 0.6) is 0 Å². The average Bonchev–Trinajstić information content (AvgIpc) is 3.38. The number of fused-ring (bicyclic) bond motifs is 2. The number of aromatic carboxylic acids is 1. The Kier molecular flexibility index (Phi) is 7.38. The summed E-state index contributed by atoms with van der Waals surface area (Å²) in [5.74, 6) is 4.73. The highest BCUT2D eigenvalue weighted by Crippen LogP contribution is 2.37. The Morgan fingerprint density at radius 1 is 1.14 bits per heavy atom. The molecule has 3 heterocycles. The lowest BCUT2D eigenvalue weighted by atomic mass is 9.98. The van der Waals surface area contributed by atoms with E-state index in [0.717, 1.165) is 24.3 Å². The van der Waals surface area contributed by atoms with Gasteiger partial charge in [0.15, 0.2) is 0 Å². The fourth-order valence-electron chi connectivity index (χ4n) is 4.88. The van der Waals surface area contributed by atoms with Gasteiger partial charge in [-0.05, 0) is 43.7 Å². The Balaban J connectivity index is 1.65. The van der Waals surface area contributed by atoms with E-state index in [2.05, 4.69) is 16.8 Å². The van der Waals surface area contributed by atoms with Crippen molar-refractivity contribution in [3.05, 3.63) is 95.2 Å². The molecule has 43 heavy (non-hydrogen) atoms. The Morgan fingerprint density at radius 3 is 2.51 bits per heavy atom. The number of carboxylic acid groups (broad SMARTS) is 1. The molecule has 0 saturated heterocycles. The third-order valence-corrected chi connectivity index (χ3v) is 8.22. The number of hydrogen-bond acceptors (Lipinski definition) is 6. The third-order valence-electron chi connectivity index (χ3n) is 6.97. The Hall–Kier alpha value is -4.91. The summed E-state index contributed by atoms with van der Waals surface area (Å²) in [5.41, 5.74) is -1.85. The molecule has 0 radical (unpaired) electrons. The zero-order valence-corrected chi connectivity index (χ0v) is 24.1. The first-order valence-electron chi connectivity index (χ1n) is 12.4. The van der Waals surface area contributed by atoms with Gasteiger partial charge in [0, 0.05) is 40.3 Å². The smallest absolute Gasteiger partial charge is 0.416 e. The molecule has 0 bridgehead atoms. The maximum atomic E-state index is 13.6. The topological polar surface area (TPSA) is 118 Å². The van der Waals surface area contributed by atoms with Gasteiger partial charge in [-0.2, -0.15) is 18.4 Å². The predicted octanol–water partition coefficient (Wildman–Crippen LogP) is 5.89. The van der Waals surface area contributed by atoms with Crippen LogP contribution < -0.4 is 11.1 Å². The highest BCUT2D eigenvalue weighted by atomic mass is 35.5. The zero-order valence-electron chi connectivity index (χ0n) is 22.6. The lowest BCUT2D eigenvalue weighted by molar-refractivity contribution is -0.138. The van der Waals surface area contributed by atoms with Crippen LogP contribution in [-0.2, 0) is 19.8 Å². The van der Waals surface area contributed by atoms with Crippen LogP contribution in [0, 0.1) is 37.0 Å². The van der Waals surface area contributed by atoms with Crippen molar-refractivity contribution in [2.24, 2.45) is 7.05 Å². The second-order valence-corrected chi connectivity index (χ2v) is 10.9. The number of hydrogen-bond donors (Lipinski definition) is 1. The number of aryl methyl sites for hydroxylation is 2. The fraction of sp³-hybridized carbons (Fsp3) is 0.167. The van der Waals surface area contributed by atoms with Gasteiger partial charge in [-0.25, -0.2) is 9.78 Å². The van der Waals surface area contributed by atoms with Crippen LogP contribution in [0.4, 0.5) is 13.2 Å². The van der Waals surface area contributed by atoms with Crippen molar-refractivity contribution < 1.29 is 23.1 Å². The van der Waals surface area contributed by atoms with Crippen molar-refractivity contribution >= 4 is 49.9 Å². The predicted molar refractivity (Wildman–Crippen MR) is 157 cm³/mol. The molecule has 1 N–H and O–H groups in total. The molecule has 0 amide bonds. The minimum atomic E-state index is -4.73. The van der Waals surface area contributed by atoms with E-state index in [1.54, 1.807) is 30.5 Å². The molecule has 0 aliphatic rings. The van der Waals surface area contributed by atoms with Crippen LogP contribution in [0.1, 0.15) is 38.4 Å². The number of thiophene rings is 1. The Bertz CT molecular complexity index is 2250.